The largest absolute Gasteiger partial charge is 0.248 e. The molecule has 150 heavy (non-hydrogen) atoms. The van der Waals surface area contributed by atoms with Crippen LogP contribution in [0.15, 0.2) is 571 Å². The van der Waals surface area contributed by atoms with Gasteiger partial charge in [-0.1, -0.05) is 504 Å². The maximum absolute atomic E-state index is 5.10. The summed E-state index contributed by atoms with van der Waals surface area (Å²) in [6.07, 6.45) is 3.46. The van der Waals surface area contributed by atoms with Crippen LogP contribution < -0.4 is 0 Å². The van der Waals surface area contributed by atoms with Crippen molar-refractivity contribution in [3.8, 4) is 179 Å². The van der Waals surface area contributed by atoms with E-state index in [-0.39, 0.29) is 0 Å². The lowest BCUT2D eigenvalue weighted by molar-refractivity contribution is 1.07. The Morgan fingerprint density at radius 2 is 0.333 bits per heavy atom. The van der Waals surface area contributed by atoms with Crippen LogP contribution in [0.3, 0.4) is 0 Å². The van der Waals surface area contributed by atoms with Crippen molar-refractivity contribution in [2.45, 2.75) is 0 Å². The summed E-state index contributed by atoms with van der Waals surface area (Å²) >= 11 is 0. The quantitative estimate of drug-likeness (QED) is 0.0897. The molecule has 6 nitrogen and oxygen atoms in total. The fraction of sp³-hybridized carbons (Fsp3) is 0. The summed E-state index contributed by atoms with van der Waals surface area (Å²) < 4.78 is 0. The predicted octanol–water partition coefficient (Wildman–Crippen LogP) is 38.5. The monoisotopic (exact) mass is 1910 g/mol. The molecular formula is C144H94N6. The highest BCUT2D eigenvalue weighted by atomic mass is 15.0. The minimum absolute atomic E-state index is 0.649. The van der Waals surface area contributed by atoms with Crippen molar-refractivity contribution in [2.75, 3.05) is 0 Å². The first-order valence-electron chi connectivity index (χ1n) is 51.1. The number of nitrogens with zero attached hydrogens (tertiary/aromatic N) is 6. The van der Waals surface area contributed by atoms with E-state index in [4.69, 9.17) is 15.0 Å². The molecule has 6 heteroatoms. The van der Waals surface area contributed by atoms with E-state index in [2.05, 4.69) is 500 Å². The Hall–Kier alpha value is -19.9. The van der Waals surface area contributed by atoms with Gasteiger partial charge in [0.15, 0.2) is 17.5 Å². The average Bonchev–Trinajstić information content (AvgIpc) is 0.745. The minimum atomic E-state index is 0.649. The van der Waals surface area contributed by atoms with Crippen LogP contribution in [0.4, 0.5) is 0 Å². The molecule has 700 valence electrons. The second-order valence-corrected chi connectivity index (χ2v) is 38.1. The third kappa shape index (κ3) is 17.4. The summed E-state index contributed by atoms with van der Waals surface area (Å²) in [7, 11) is 0. The van der Waals surface area contributed by atoms with E-state index in [9.17, 15) is 0 Å². The normalized spacial score (nSPS) is 11.3. The summed E-state index contributed by atoms with van der Waals surface area (Å²) in [4.78, 5) is 28.8. The standard InChI is InChI=1S/C53H35N.C46H30N2.C45H29N3/c1-4-14-36(15-5-1)43-26-28-48-49-29-27-44(33-51(49)47-25-11-10-24-46(47)50(48)32-43)41-22-12-20-39(30-41)40-21-13-23-42(31-40)45-34-52(37-16-6-2-7-17-37)54-53(35-45)38-18-8-3-9-19-38;1-2-14-31(15-3-1)46-47-29-28-45(48-46)43-25-13-12-23-40(43)37-20-8-6-18-35(37)34-17-5-4-16-33(34)32-26-27-42-39-22-9-7-19-36(39)38-21-10-11-24-41(38)44(42)30-32;1-2-14-30(15-3-1)44-46-29-47-45(48-44)42-25-13-12-23-39(42)36-20-8-6-18-34(36)33-17-5-4-16-32(33)31-26-27-41-38-22-9-7-19-35(38)37-21-10-11-24-40(37)43(41)28-31/h1-35H;1-30H;1-29H. The van der Waals surface area contributed by atoms with Crippen molar-refractivity contribution in [3.63, 3.8) is 0 Å². The first kappa shape index (κ1) is 90.1. The maximum atomic E-state index is 5.10. The first-order valence-corrected chi connectivity index (χ1v) is 51.1. The highest BCUT2D eigenvalue weighted by Gasteiger charge is 2.24. The molecule has 0 atom stereocenters. The lowest BCUT2D eigenvalue weighted by Gasteiger charge is -2.18. The van der Waals surface area contributed by atoms with Gasteiger partial charge in [0.1, 0.15) is 6.33 Å². The zero-order valence-corrected chi connectivity index (χ0v) is 82.0. The van der Waals surface area contributed by atoms with Crippen molar-refractivity contribution >= 4 is 97.0 Å². The molecule has 28 aromatic rings. The third-order valence-electron chi connectivity index (χ3n) is 29.3. The van der Waals surface area contributed by atoms with Gasteiger partial charge >= 0.3 is 0 Å². The van der Waals surface area contributed by atoms with Crippen LogP contribution in [0, 0.1) is 0 Å². The Labute approximate surface area is 870 Å². The van der Waals surface area contributed by atoms with Crippen LogP contribution in [0.25, 0.3) is 276 Å². The summed E-state index contributed by atoms with van der Waals surface area (Å²) in [6, 6.07) is 199. The van der Waals surface area contributed by atoms with E-state index in [1.54, 1.807) is 6.33 Å². The Bertz CT molecular complexity index is 9510. The molecule has 0 amide bonds. The lowest BCUT2D eigenvalue weighted by Crippen LogP contribution is -1.97. The predicted molar refractivity (Wildman–Crippen MR) is 631 cm³/mol. The van der Waals surface area contributed by atoms with Crippen LogP contribution in [0.2, 0.25) is 0 Å². The number of benzene rings is 25. The van der Waals surface area contributed by atoms with Gasteiger partial charge in [0.25, 0.3) is 0 Å². The molecule has 0 bridgehead atoms. The van der Waals surface area contributed by atoms with E-state index in [0.29, 0.717) is 11.6 Å². The van der Waals surface area contributed by atoms with Gasteiger partial charge < -0.3 is 0 Å². The zero-order valence-electron chi connectivity index (χ0n) is 82.0. The molecule has 0 saturated carbocycles. The fourth-order valence-corrected chi connectivity index (χ4v) is 22.2. The van der Waals surface area contributed by atoms with Crippen molar-refractivity contribution in [1.29, 1.82) is 0 Å². The van der Waals surface area contributed by atoms with Crippen LogP contribution >= 0.6 is 0 Å². The molecule has 3 aromatic heterocycles. The van der Waals surface area contributed by atoms with Gasteiger partial charge in [-0.25, -0.2) is 29.9 Å². The molecule has 0 unspecified atom stereocenters. The van der Waals surface area contributed by atoms with Crippen LogP contribution in [-0.2, 0) is 0 Å². The molecule has 0 aliphatic carbocycles. The van der Waals surface area contributed by atoms with Crippen LogP contribution in [0.1, 0.15) is 0 Å². The fourth-order valence-electron chi connectivity index (χ4n) is 22.2. The Morgan fingerprint density at radius 1 is 0.100 bits per heavy atom. The highest BCUT2D eigenvalue weighted by Crippen LogP contribution is 2.49. The van der Waals surface area contributed by atoms with Gasteiger partial charge in [-0.15, -0.1) is 0 Å². The number of hydrogen-bond acceptors (Lipinski definition) is 6. The smallest absolute Gasteiger partial charge is 0.163 e. The summed E-state index contributed by atoms with van der Waals surface area (Å²) in [5, 5.41) is 23.0. The molecule has 28 rings (SSSR count). The van der Waals surface area contributed by atoms with E-state index < -0.39 is 0 Å². The highest BCUT2D eigenvalue weighted by molar-refractivity contribution is 6.29. The molecule has 3 heterocycles. The number of pyridine rings is 1. The number of rotatable bonds is 16. The molecule has 0 aliphatic heterocycles. The van der Waals surface area contributed by atoms with Gasteiger partial charge in [-0.2, -0.15) is 0 Å². The SMILES string of the molecule is c1ccc(-c2ccc3c4ccc(-c5cccc(-c6cccc(-c7cc(-c8ccccc8)nc(-c8ccccc8)c7)c6)c5)cc4c4ccccc4c3c2)cc1.c1ccc(-c2nccc(-c3ccccc3-c3ccccc3-c3ccccc3-c3ccc4c5ccccc5c5ccccc5c4c3)n2)cc1.c1ccc(-c2ncnc(-c3ccccc3-c3ccccc3-c3ccccc3-c3ccc4c5ccccc5c5ccccc5c4c3)n2)cc1. The second-order valence-electron chi connectivity index (χ2n) is 38.1. The van der Waals surface area contributed by atoms with Crippen molar-refractivity contribution in [1.82, 2.24) is 29.9 Å². The second kappa shape index (κ2) is 40.0. The summed E-state index contributed by atoms with van der Waals surface area (Å²) in [5.74, 6) is 2.03. The molecule has 0 radical (unpaired) electrons. The number of hydrogen-bond donors (Lipinski definition) is 0. The first-order chi connectivity index (χ1) is 74.4. The maximum Gasteiger partial charge on any atom is 0.163 e. The zero-order chi connectivity index (χ0) is 99.6. The Balaban J connectivity index is 0.000000114. The molecular weight excluding hydrogens is 1810 g/mol. The van der Waals surface area contributed by atoms with E-state index in [0.717, 1.165) is 95.2 Å². The molecule has 0 N–H and O–H groups in total. The minimum Gasteiger partial charge on any atom is -0.248 e. The topological polar surface area (TPSA) is 77.3 Å². The van der Waals surface area contributed by atoms with Gasteiger partial charge in [0.05, 0.1) is 17.1 Å². The molecule has 0 spiro atoms. The van der Waals surface area contributed by atoms with Gasteiger partial charge in [-0.05, 0) is 263 Å². The summed E-state index contributed by atoms with van der Waals surface area (Å²) in [5.41, 5.74) is 32.6. The third-order valence-corrected chi connectivity index (χ3v) is 29.3. The van der Waals surface area contributed by atoms with Crippen molar-refractivity contribution in [3.05, 3.63) is 571 Å². The van der Waals surface area contributed by atoms with Crippen LogP contribution in [-0.4, -0.2) is 29.9 Å². The Morgan fingerprint density at radius 3 is 0.700 bits per heavy atom. The van der Waals surface area contributed by atoms with E-state index in [1.165, 1.54) is 169 Å². The van der Waals surface area contributed by atoms with E-state index in [1.807, 2.05) is 79.0 Å². The van der Waals surface area contributed by atoms with Crippen molar-refractivity contribution < 1.29 is 0 Å². The number of aromatic nitrogens is 6. The molecule has 25 aromatic carbocycles. The van der Waals surface area contributed by atoms with Gasteiger partial charge in [-0.3, -0.25) is 0 Å². The average molecular weight is 1910 g/mol. The Kier molecular flexibility index (Phi) is 24.0. The van der Waals surface area contributed by atoms with Gasteiger partial charge in [0, 0.05) is 39.6 Å². The summed E-state index contributed by atoms with van der Waals surface area (Å²) in [6.45, 7) is 0. The molecule has 0 fully saturated rings. The molecule has 0 saturated heterocycles. The van der Waals surface area contributed by atoms with Gasteiger partial charge in [0.2, 0.25) is 0 Å². The van der Waals surface area contributed by atoms with Crippen LogP contribution in [0.5, 0.6) is 0 Å². The van der Waals surface area contributed by atoms with E-state index >= 15 is 0 Å². The molecule has 0 aliphatic rings. The number of fused-ring (bicyclic) bond motifs is 18. The van der Waals surface area contributed by atoms with Crippen molar-refractivity contribution in [2.24, 2.45) is 0 Å². The lowest BCUT2D eigenvalue weighted by atomic mass is 9.86.